The molecule has 4 amide bonds. The zero-order valence-electron chi connectivity index (χ0n) is 18.2. The first kappa shape index (κ1) is 23.7. The predicted molar refractivity (Wildman–Crippen MR) is 130 cm³/mol. The number of amides is 4. The lowest BCUT2D eigenvalue weighted by molar-refractivity contribution is -0.123. The van der Waals surface area contributed by atoms with Gasteiger partial charge in [0.25, 0.3) is 17.1 Å². The molecule has 0 spiro atoms. The normalized spacial score (nSPS) is 17.4. The molecule has 174 valence electrons. The number of imide groups is 1. The van der Waals surface area contributed by atoms with Gasteiger partial charge in [-0.3, -0.25) is 29.1 Å². The van der Waals surface area contributed by atoms with Crippen LogP contribution in [-0.2, 0) is 14.4 Å². The second-order valence-electron chi connectivity index (χ2n) is 7.56. The fourth-order valence-electron chi connectivity index (χ4n) is 3.32. The smallest absolute Gasteiger partial charge is 0.293 e. The Hall–Kier alpha value is -3.50. The van der Waals surface area contributed by atoms with Crippen molar-refractivity contribution in [3.05, 3.63) is 63.8 Å². The number of benzene rings is 1. The topological polar surface area (TPSA) is 112 Å². The first-order valence-electron chi connectivity index (χ1n) is 10.4. The Kier molecular flexibility index (Phi) is 7.09. The van der Waals surface area contributed by atoms with Gasteiger partial charge in [-0.05, 0) is 54.1 Å². The lowest BCUT2D eigenvalue weighted by atomic mass is 10.1. The Morgan fingerprint density at radius 2 is 2.06 bits per heavy atom. The first-order chi connectivity index (χ1) is 16.3. The Balaban J connectivity index is 1.37. The highest BCUT2D eigenvalue weighted by Crippen LogP contribution is 2.31. The Bertz CT molecular complexity index is 1230. The average Bonchev–Trinajstić information content (AvgIpc) is 3.09. The van der Waals surface area contributed by atoms with Gasteiger partial charge in [-0.15, -0.1) is 0 Å². The highest BCUT2D eigenvalue weighted by atomic mass is 35.5. The Morgan fingerprint density at radius 1 is 1.24 bits per heavy atom. The zero-order chi connectivity index (χ0) is 24.2. The molecular formula is C23H20ClN5O4S. The minimum Gasteiger partial charge on any atom is -0.349 e. The number of carbonyl (C=O) groups is 4. The van der Waals surface area contributed by atoms with E-state index in [2.05, 4.69) is 15.4 Å². The molecule has 1 aromatic heterocycles. The molecule has 1 fully saturated rings. The van der Waals surface area contributed by atoms with Gasteiger partial charge < -0.3 is 5.32 Å². The minimum atomic E-state index is -0.464. The van der Waals surface area contributed by atoms with E-state index in [0.29, 0.717) is 21.2 Å². The number of anilines is 1. The van der Waals surface area contributed by atoms with Crippen LogP contribution in [0.25, 0.3) is 6.08 Å². The van der Waals surface area contributed by atoms with Gasteiger partial charge in [-0.25, -0.2) is 5.01 Å². The van der Waals surface area contributed by atoms with E-state index in [1.165, 1.54) is 5.01 Å². The summed E-state index contributed by atoms with van der Waals surface area (Å²) in [6.07, 6.45) is 5.14. The van der Waals surface area contributed by atoms with Gasteiger partial charge in [0, 0.05) is 43.3 Å². The molecule has 0 bridgehead atoms. The van der Waals surface area contributed by atoms with Crippen LogP contribution in [0, 0.1) is 6.92 Å². The van der Waals surface area contributed by atoms with Crippen molar-refractivity contribution in [2.75, 3.05) is 18.1 Å². The summed E-state index contributed by atoms with van der Waals surface area (Å²) in [5, 5.41) is 8.14. The van der Waals surface area contributed by atoms with E-state index in [9.17, 15) is 19.2 Å². The van der Waals surface area contributed by atoms with Gasteiger partial charge in [0.15, 0.2) is 0 Å². The highest BCUT2D eigenvalue weighted by Gasteiger charge is 2.35. The third-order valence-electron chi connectivity index (χ3n) is 5.17. The van der Waals surface area contributed by atoms with Crippen LogP contribution in [-0.4, -0.2) is 51.6 Å². The number of halogens is 1. The molecule has 2 aliphatic heterocycles. The largest absolute Gasteiger partial charge is 0.349 e. The van der Waals surface area contributed by atoms with Crippen LogP contribution in [0.1, 0.15) is 24.0 Å². The predicted octanol–water partition coefficient (Wildman–Crippen LogP) is 3.38. The molecule has 3 heterocycles. The van der Waals surface area contributed by atoms with Gasteiger partial charge in [0.2, 0.25) is 5.91 Å². The Morgan fingerprint density at radius 3 is 2.79 bits per heavy atom. The third kappa shape index (κ3) is 5.18. The number of thioether (sulfide) groups is 1. The lowest BCUT2D eigenvalue weighted by Crippen LogP contribution is -2.42. The minimum absolute atomic E-state index is 0.0181. The maximum atomic E-state index is 12.6. The number of hydrogen-bond acceptors (Lipinski definition) is 7. The zero-order valence-corrected chi connectivity index (χ0v) is 19.7. The molecule has 1 aromatic carbocycles. The van der Waals surface area contributed by atoms with Crippen LogP contribution in [0.5, 0.6) is 0 Å². The van der Waals surface area contributed by atoms with Crippen molar-refractivity contribution in [3.63, 3.8) is 0 Å². The first-order valence-corrected chi connectivity index (χ1v) is 11.6. The van der Waals surface area contributed by atoms with E-state index in [4.69, 9.17) is 11.6 Å². The van der Waals surface area contributed by atoms with Crippen LogP contribution in [0.2, 0.25) is 5.02 Å². The molecule has 11 heteroatoms. The quantitative estimate of drug-likeness (QED) is 0.612. The molecule has 0 atom stereocenters. The number of aromatic nitrogens is 1. The SMILES string of the molecule is Cc1ccc(N2N=C(C(=O)NCCN3C(=O)S/C(=C\c4cccnc4)C3=O)CCC2=O)cc1Cl. The number of nitrogens with one attached hydrogen (secondary N) is 1. The second kappa shape index (κ2) is 10.2. The second-order valence-corrected chi connectivity index (χ2v) is 8.96. The van der Waals surface area contributed by atoms with Crippen LogP contribution < -0.4 is 10.3 Å². The molecule has 1 N–H and O–H groups in total. The maximum Gasteiger partial charge on any atom is 0.293 e. The van der Waals surface area contributed by atoms with Gasteiger partial charge in [-0.1, -0.05) is 23.7 Å². The Labute approximate surface area is 204 Å². The molecule has 2 aromatic rings. The van der Waals surface area contributed by atoms with E-state index in [1.54, 1.807) is 48.8 Å². The third-order valence-corrected chi connectivity index (χ3v) is 6.49. The molecule has 1 saturated heterocycles. The van der Waals surface area contributed by atoms with Crippen molar-refractivity contribution in [2.45, 2.75) is 19.8 Å². The standard InChI is InChI=1S/C23H20ClN5O4S/c1-14-4-5-16(12-17(14)24)29-20(30)7-6-18(27-29)21(31)26-9-10-28-22(32)19(34-23(28)33)11-15-3-2-8-25-13-15/h2-5,8,11-13H,6-7,9-10H2,1H3,(H,26,31)/b19-11-. The summed E-state index contributed by atoms with van der Waals surface area (Å²) in [5.41, 5.74) is 2.23. The van der Waals surface area contributed by atoms with Crippen LogP contribution in [0.15, 0.2) is 52.7 Å². The number of nitrogens with zero attached hydrogens (tertiary/aromatic N) is 4. The maximum absolute atomic E-state index is 12.6. The van der Waals surface area contributed by atoms with E-state index >= 15 is 0 Å². The van der Waals surface area contributed by atoms with Crippen molar-refractivity contribution in [1.82, 2.24) is 15.2 Å². The monoisotopic (exact) mass is 497 g/mol. The van der Waals surface area contributed by atoms with Crippen LogP contribution in [0.3, 0.4) is 0 Å². The van der Waals surface area contributed by atoms with Crippen molar-refractivity contribution < 1.29 is 19.2 Å². The molecule has 0 saturated carbocycles. The fraction of sp³-hybridized carbons (Fsp3) is 0.217. The van der Waals surface area contributed by atoms with Gasteiger partial charge in [-0.2, -0.15) is 5.10 Å². The summed E-state index contributed by atoms with van der Waals surface area (Å²) in [5.74, 6) is -1.13. The number of hydrazone groups is 1. The molecule has 0 unspecified atom stereocenters. The summed E-state index contributed by atoms with van der Waals surface area (Å²) in [6.45, 7) is 1.92. The molecule has 34 heavy (non-hydrogen) atoms. The van der Waals surface area contributed by atoms with E-state index < -0.39 is 17.1 Å². The van der Waals surface area contributed by atoms with Crippen molar-refractivity contribution in [2.24, 2.45) is 5.10 Å². The fourth-order valence-corrected chi connectivity index (χ4v) is 4.36. The molecule has 0 radical (unpaired) electrons. The van der Waals surface area contributed by atoms with Gasteiger partial charge in [0.1, 0.15) is 5.71 Å². The van der Waals surface area contributed by atoms with E-state index in [0.717, 1.165) is 22.2 Å². The van der Waals surface area contributed by atoms with Gasteiger partial charge >= 0.3 is 0 Å². The molecule has 0 aliphatic carbocycles. The molecular weight excluding hydrogens is 478 g/mol. The molecule has 2 aliphatic rings. The summed E-state index contributed by atoms with van der Waals surface area (Å²) in [7, 11) is 0. The summed E-state index contributed by atoms with van der Waals surface area (Å²) >= 11 is 7.00. The summed E-state index contributed by atoms with van der Waals surface area (Å²) < 4.78 is 0. The summed E-state index contributed by atoms with van der Waals surface area (Å²) in [4.78, 5) is 55.2. The number of carbonyl (C=O) groups excluding carboxylic acids is 4. The molecule has 4 rings (SSSR count). The number of aryl methyl sites for hydroxylation is 1. The average molecular weight is 498 g/mol. The van der Waals surface area contributed by atoms with Gasteiger partial charge in [0.05, 0.1) is 10.6 Å². The number of hydrogen-bond donors (Lipinski definition) is 1. The van der Waals surface area contributed by atoms with Crippen LogP contribution in [0.4, 0.5) is 10.5 Å². The molecule has 9 nitrogen and oxygen atoms in total. The van der Waals surface area contributed by atoms with Crippen molar-refractivity contribution >= 4 is 63.8 Å². The highest BCUT2D eigenvalue weighted by molar-refractivity contribution is 8.18. The summed E-state index contributed by atoms with van der Waals surface area (Å²) in [6, 6.07) is 8.63. The van der Waals surface area contributed by atoms with Crippen molar-refractivity contribution in [1.29, 1.82) is 0 Å². The number of pyridine rings is 1. The number of rotatable bonds is 6. The van der Waals surface area contributed by atoms with Crippen LogP contribution >= 0.6 is 23.4 Å². The van der Waals surface area contributed by atoms with Crippen molar-refractivity contribution in [3.8, 4) is 0 Å². The lowest BCUT2D eigenvalue weighted by Gasteiger charge is -2.23. The van der Waals surface area contributed by atoms with E-state index in [1.807, 2.05) is 6.92 Å². The van der Waals surface area contributed by atoms with E-state index in [-0.39, 0.29) is 37.6 Å².